The van der Waals surface area contributed by atoms with Crippen LogP contribution in [0.3, 0.4) is 0 Å². The number of thioether (sulfide) groups is 1. The Kier molecular flexibility index (Phi) is 4.20. The van der Waals surface area contributed by atoms with Crippen molar-refractivity contribution in [1.82, 2.24) is 10.4 Å². The third kappa shape index (κ3) is 3.17. The van der Waals surface area contributed by atoms with E-state index in [1.165, 1.54) is 11.8 Å². The van der Waals surface area contributed by atoms with Crippen LogP contribution in [-0.2, 0) is 4.79 Å². The van der Waals surface area contributed by atoms with E-state index in [1.807, 2.05) is 43.3 Å². The fraction of sp³-hybridized carbons (Fsp3) is 0.0625. The molecule has 0 saturated heterocycles. The Morgan fingerprint density at radius 3 is 3.00 bits per heavy atom. The van der Waals surface area contributed by atoms with Gasteiger partial charge in [-0.1, -0.05) is 30.0 Å². The SMILES string of the molecule is CC1=C(C(=O)N/N=C\c2cccnc2)Sc2ccccc2N1. The number of hydrazone groups is 1. The van der Waals surface area contributed by atoms with Crippen molar-refractivity contribution in [2.24, 2.45) is 5.10 Å². The molecule has 0 atom stereocenters. The first-order valence-corrected chi connectivity index (χ1v) is 7.54. The van der Waals surface area contributed by atoms with Gasteiger partial charge in [0, 0.05) is 28.5 Å². The summed E-state index contributed by atoms with van der Waals surface area (Å²) >= 11 is 1.44. The predicted octanol–water partition coefficient (Wildman–Crippen LogP) is 2.98. The van der Waals surface area contributed by atoms with Gasteiger partial charge in [0.05, 0.1) is 16.8 Å². The summed E-state index contributed by atoms with van der Waals surface area (Å²) in [5, 5.41) is 7.20. The molecule has 2 heterocycles. The summed E-state index contributed by atoms with van der Waals surface area (Å²) in [6.07, 6.45) is 4.93. The smallest absolute Gasteiger partial charge is 0.279 e. The normalized spacial score (nSPS) is 13.7. The lowest BCUT2D eigenvalue weighted by Crippen LogP contribution is -2.22. The molecule has 0 unspecified atom stereocenters. The first-order valence-electron chi connectivity index (χ1n) is 6.72. The first-order chi connectivity index (χ1) is 10.7. The molecule has 2 aromatic rings. The van der Waals surface area contributed by atoms with E-state index in [4.69, 9.17) is 0 Å². The minimum atomic E-state index is -0.232. The molecule has 110 valence electrons. The number of benzene rings is 1. The Balaban J connectivity index is 1.69. The number of nitrogens with zero attached hydrogens (tertiary/aromatic N) is 2. The molecule has 5 nitrogen and oxygen atoms in total. The van der Waals surface area contributed by atoms with Gasteiger partial charge < -0.3 is 5.32 Å². The second-order valence-corrected chi connectivity index (χ2v) is 5.72. The lowest BCUT2D eigenvalue weighted by atomic mass is 10.3. The Hall–Kier alpha value is -2.60. The average molecular weight is 310 g/mol. The molecule has 1 aliphatic heterocycles. The zero-order valence-electron chi connectivity index (χ0n) is 11.9. The average Bonchev–Trinajstić information content (AvgIpc) is 2.55. The summed E-state index contributed by atoms with van der Waals surface area (Å²) < 4.78 is 0. The fourth-order valence-corrected chi connectivity index (χ4v) is 2.93. The van der Waals surface area contributed by atoms with Gasteiger partial charge in [-0.2, -0.15) is 5.10 Å². The topological polar surface area (TPSA) is 66.4 Å². The van der Waals surface area contributed by atoms with E-state index < -0.39 is 0 Å². The Labute approximate surface area is 132 Å². The quantitative estimate of drug-likeness (QED) is 0.675. The number of carbonyl (C=O) groups is 1. The zero-order chi connectivity index (χ0) is 15.4. The number of anilines is 1. The van der Waals surface area contributed by atoms with Crippen LogP contribution in [0.15, 0.2) is 69.4 Å². The maximum absolute atomic E-state index is 12.2. The second kappa shape index (κ2) is 6.44. The van der Waals surface area contributed by atoms with Crippen LogP contribution in [0.25, 0.3) is 0 Å². The summed E-state index contributed by atoms with van der Waals surface area (Å²) in [5.74, 6) is -0.232. The Morgan fingerprint density at radius 1 is 1.32 bits per heavy atom. The van der Waals surface area contributed by atoms with Crippen LogP contribution in [-0.4, -0.2) is 17.1 Å². The second-order valence-electron chi connectivity index (χ2n) is 4.66. The maximum Gasteiger partial charge on any atom is 0.279 e. The highest BCUT2D eigenvalue weighted by molar-refractivity contribution is 8.04. The van der Waals surface area contributed by atoms with Crippen molar-refractivity contribution in [1.29, 1.82) is 0 Å². The molecule has 2 N–H and O–H groups in total. The Bertz CT molecular complexity index is 756. The summed E-state index contributed by atoms with van der Waals surface area (Å²) in [6.45, 7) is 1.88. The van der Waals surface area contributed by atoms with Crippen LogP contribution in [0, 0.1) is 0 Å². The number of hydrogen-bond donors (Lipinski definition) is 2. The van der Waals surface area contributed by atoms with E-state index >= 15 is 0 Å². The predicted molar refractivity (Wildman–Crippen MR) is 88.6 cm³/mol. The lowest BCUT2D eigenvalue weighted by Gasteiger charge is -2.20. The highest BCUT2D eigenvalue weighted by Crippen LogP contribution is 2.39. The van der Waals surface area contributed by atoms with E-state index in [-0.39, 0.29) is 5.91 Å². The molecule has 0 spiro atoms. The van der Waals surface area contributed by atoms with Crippen LogP contribution in [0.1, 0.15) is 12.5 Å². The molecule has 1 aromatic heterocycles. The van der Waals surface area contributed by atoms with Gasteiger partial charge in [0.2, 0.25) is 0 Å². The van der Waals surface area contributed by atoms with E-state index in [1.54, 1.807) is 18.6 Å². The number of carbonyl (C=O) groups excluding carboxylic acids is 1. The first kappa shape index (κ1) is 14.3. The number of hydrogen-bond acceptors (Lipinski definition) is 5. The number of rotatable bonds is 3. The van der Waals surface area contributed by atoms with Crippen molar-refractivity contribution in [2.45, 2.75) is 11.8 Å². The van der Waals surface area contributed by atoms with E-state index in [0.29, 0.717) is 4.91 Å². The Morgan fingerprint density at radius 2 is 2.18 bits per heavy atom. The van der Waals surface area contributed by atoms with Crippen LogP contribution in [0.4, 0.5) is 5.69 Å². The molecule has 6 heteroatoms. The van der Waals surface area contributed by atoms with E-state index in [2.05, 4.69) is 20.8 Å². The van der Waals surface area contributed by atoms with Crippen molar-refractivity contribution in [3.05, 3.63) is 65.0 Å². The molecular formula is C16H14N4OS. The van der Waals surface area contributed by atoms with Crippen LogP contribution in [0.5, 0.6) is 0 Å². The van der Waals surface area contributed by atoms with Gasteiger partial charge in [-0.3, -0.25) is 9.78 Å². The highest BCUT2D eigenvalue weighted by atomic mass is 32.2. The number of pyridine rings is 1. The molecule has 0 saturated carbocycles. The molecule has 1 amide bonds. The fourth-order valence-electron chi connectivity index (χ4n) is 1.99. The minimum Gasteiger partial charge on any atom is -0.357 e. The summed E-state index contributed by atoms with van der Waals surface area (Å²) in [6, 6.07) is 11.5. The lowest BCUT2D eigenvalue weighted by molar-refractivity contribution is -0.116. The number of nitrogens with one attached hydrogen (secondary N) is 2. The van der Waals surface area contributed by atoms with Gasteiger partial charge in [-0.05, 0) is 25.1 Å². The minimum absolute atomic E-state index is 0.232. The number of aromatic nitrogens is 1. The van der Waals surface area contributed by atoms with Crippen LogP contribution < -0.4 is 10.7 Å². The number of amides is 1. The molecule has 0 bridgehead atoms. The molecule has 3 rings (SSSR count). The van der Waals surface area contributed by atoms with Crippen LogP contribution in [0.2, 0.25) is 0 Å². The number of fused-ring (bicyclic) bond motifs is 1. The number of para-hydroxylation sites is 1. The van der Waals surface area contributed by atoms with Gasteiger partial charge in [-0.15, -0.1) is 0 Å². The van der Waals surface area contributed by atoms with Gasteiger partial charge in [0.15, 0.2) is 0 Å². The van der Waals surface area contributed by atoms with Gasteiger partial charge >= 0.3 is 0 Å². The number of allylic oxidation sites excluding steroid dienone is 1. The van der Waals surface area contributed by atoms with Crippen LogP contribution >= 0.6 is 11.8 Å². The largest absolute Gasteiger partial charge is 0.357 e. The molecule has 0 radical (unpaired) electrons. The van der Waals surface area contributed by atoms with Crippen molar-refractivity contribution < 1.29 is 4.79 Å². The van der Waals surface area contributed by atoms with Crippen molar-refractivity contribution in [3.63, 3.8) is 0 Å². The molecule has 1 aliphatic rings. The zero-order valence-corrected chi connectivity index (χ0v) is 12.7. The molecule has 1 aromatic carbocycles. The monoisotopic (exact) mass is 310 g/mol. The van der Waals surface area contributed by atoms with Crippen molar-refractivity contribution in [3.8, 4) is 0 Å². The third-order valence-electron chi connectivity index (χ3n) is 3.03. The molecular weight excluding hydrogens is 296 g/mol. The van der Waals surface area contributed by atoms with Crippen molar-refractivity contribution in [2.75, 3.05) is 5.32 Å². The molecule has 0 fully saturated rings. The molecule has 0 aliphatic carbocycles. The molecule has 22 heavy (non-hydrogen) atoms. The van der Waals surface area contributed by atoms with Crippen molar-refractivity contribution >= 4 is 29.6 Å². The summed E-state index contributed by atoms with van der Waals surface area (Å²) in [7, 11) is 0. The van der Waals surface area contributed by atoms with Gasteiger partial charge in [0.25, 0.3) is 5.91 Å². The maximum atomic E-state index is 12.2. The summed E-state index contributed by atoms with van der Waals surface area (Å²) in [4.78, 5) is 17.9. The van der Waals surface area contributed by atoms with Gasteiger partial charge in [0.1, 0.15) is 0 Å². The highest BCUT2D eigenvalue weighted by Gasteiger charge is 2.20. The summed E-state index contributed by atoms with van der Waals surface area (Å²) in [5.41, 5.74) is 5.20. The standard InChI is InChI=1S/C16H14N4OS/c1-11-15(22-14-7-3-2-6-13(14)19-11)16(21)20-18-10-12-5-4-8-17-9-12/h2-10,19H,1H3,(H,20,21)/b18-10-. The van der Waals surface area contributed by atoms with Gasteiger partial charge in [-0.25, -0.2) is 5.43 Å². The third-order valence-corrected chi connectivity index (χ3v) is 4.30. The van der Waals surface area contributed by atoms with E-state index in [9.17, 15) is 4.79 Å². The van der Waals surface area contributed by atoms with E-state index in [0.717, 1.165) is 21.8 Å².